The highest BCUT2D eigenvalue weighted by Crippen LogP contribution is 2.18. The van der Waals surface area contributed by atoms with Gasteiger partial charge in [0.05, 0.1) is 17.8 Å². The van der Waals surface area contributed by atoms with E-state index in [-0.39, 0.29) is 24.0 Å². The van der Waals surface area contributed by atoms with Gasteiger partial charge in [-0.05, 0) is 17.5 Å². The van der Waals surface area contributed by atoms with E-state index in [1.165, 1.54) is 0 Å². The van der Waals surface area contributed by atoms with Gasteiger partial charge < -0.3 is 10.6 Å². The van der Waals surface area contributed by atoms with Crippen LogP contribution >= 0.6 is 35.3 Å². The predicted octanol–water partition coefficient (Wildman–Crippen LogP) is 4.30. The van der Waals surface area contributed by atoms with Crippen LogP contribution in [0.4, 0.5) is 0 Å². The molecule has 138 valence electrons. The summed E-state index contributed by atoms with van der Waals surface area (Å²) in [6.07, 6.45) is 1.83. The number of hydrogen-bond acceptors (Lipinski definition) is 4. The number of guanidine groups is 1. The molecule has 0 unspecified atom stereocenters. The Balaban J connectivity index is 0.00000243. The number of thiazole rings is 1. The molecule has 0 spiro atoms. The maximum atomic E-state index is 4.64. The molecule has 0 amide bonds. The van der Waals surface area contributed by atoms with Gasteiger partial charge in [-0.15, -0.1) is 35.3 Å². The second-order valence-electron chi connectivity index (χ2n) is 6.09. The minimum atomic E-state index is 0. The molecule has 0 aliphatic heterocycles. The number of hydrogen-bond donors (Lipinski definition) is 2. The normalized spacial score (nSPS) is 11.5. The Hall–Kier alpha value is -1.74. The molecule has 2 N–H and O–H groups in total. The van der Waals surface area contributed by atoms with Crippen molar-refractivity contribution in [2.24, 2.45) is 4.99 Å². The van der Waals surface area contributed by atoms with Gasteiger partial charge in [0.2, 0.25) is 0 Å². The summed E-state index contributed by atoms with van der Waals surface area (Å²) in [6, 6.07) is 10.3. The number of halogens is 1. The number of para-hydroxylation sites is 1. The molecule has 26 heavy (non-hydrogen) atoms. The van der Waals surface area contributed by atoms with E-state index in [1.54, 1.807) is 18.4 Å². The van der Waals surface area contributed by atoms with E-state index in [0.29, 0.717) is 19.0 Å². The lowest BCUT2D eigenvalue weighted by Gasteiger charge is -2.12. The number of rotatable bonds is 5. The number of aliphatic imine (C=N–C) groups is 1. The zero-order chi connectivity index (χ0) is 17.6. The average molecular weight is 481 g/mol. The smallest absolute Gasteiger partial charge is 0.191 e. The molecule has 1 aromatic carbocycles. The molecule has 0 saturated heterocycles. The van der Waals surface area contributed by atoms with Crippen molar-refractivity contribution in [1.29, 1.82) is 0 Å². The zero-order valence-electron chi connectivity index (χ0n) is 15.2. The van der Waals surface area contributed by atoms with Crippen LogP contribution in [0.5, 0.6) is 0 Å². The van der Waals surface area contributed by atoms with Crippen LogP contribution in [0.3, 0.4) is 0 Å². The summed E-state index contributed by atoms with van der Waals surface area (Å²) in [5.74, 6) is 1.22. The van der Waals surface area contributed by atoms with Gasteiger partial charge in [-0.1, -0.05) is 38.1 Å². The standard InChI is InChI=1S/C19H23N5S.HI/c1-13(2)16-12-25-17(24-16)11-23-19(20-3)22-10-15-7-4-6-14-8-5-9-21-18(14)15;/h4-9,12-13H,10-11H2,1-3H3,(H2,20,22,23);1H. The molecule has 0 atom stereocenters. The van der Waals surface area contributed by atoms with Gasteiger partial charge in [0.25, 0.3) is 0 Å². The van der Waals surface area contributed by atoms with E-state index in [2.05, 4.69) is 69.1 Å². The first-order valence-electron chi connectivity index (χ1n) is 8.39. The van der Waals surface area contributed by atoms with Gasteiger partial charge in [0, 0.05) is 30.6 Å². The number of benzene rings is 1. The van der Waals surface area contributed by atoms with Gasteiger partial charge in [0.1, 0.15) is 5.01 Å². The summed E-state index contributed by atoms with van der Waals surface area (Å²) in [4.78, 5) is 13.4. The Bertz CT molecular complexity index is 870. The van der Waals surface area contributed by atoms with E-state index in [4.69, 9.17) is 0 Å². The zero-order valence-corrected chi connectivity index (χ0v) is 18.3. The van der Waals surface area contributed by atoms with Gasteiger partial charge in [-0.25, -0.2) is 4.98 Å². The largest absolute Gasteiger partial charge is 0.352 e. The average Bonchev–Trinajstić information content (AvgIpc) is 3.11. The minimum absolute atomic E-state index is 0. The molecule has 2 aromatic heterocycles. The van der Waals surface area contributed by atoms with Crippen molar-refractivity contribution >= 4 is 52.2 Å². The highest BCUT2D eigenvalue weighted by Gasteiger charge is 2.07. The number of nitrogens with zero attached hydrogens (tertiary/aromatic N) is 3. The highest BCUT2D eigenvalue weighted by molar-refractivity contribution is 14.0. The Kier molecular flexibility index (Phi) is 7.77. The third-order valence-electron chi connectivity index (χ3n) is 3.95. The molecule has 0 fully saturated rings. The fourth-order valence-corrected chi connectivity index (χ4v) is 3.44. The molecule has 0 aliphatic rings. The topological polar surface area (TPSA) is 62.2 Å². The summed E-state index contributed by atoms with van der Waals surface area (Å²) in [5.41, 5.74) is 3.32. The van der Waals surface area contributed by atoms with Crippen molar-refractivity contribution in [3.63, 3.8) is 0 Å². The first-order chi connectivity index (χ1) is 12.2. The Morgan fingerprint density at radius 2 is 1.92 bits per heavy atom. The second kappa shape index (κ2) is 9.82. The molecule has 3 aromatic rings. The van der Waals surface area contributed by atoms with E-state index in [1.807, 2.05) is 12.3 Å². The molecule has 0 bridgehead atoms. The molecule has 0 radical (unpaired) electrons. The first kappa shape index (κ1) is 20.6. The number of fused-ring (bicyclic) bond motifs is 1. The SMILES string of the molecule is CN=C(NCc1nc(C(C)C)cs1)NCc1cccc2cccnc12.I. The van der Waals surface area contributed by atoms with Crippen LogP contribution in [0.1, 0.15) is 36.0 Å². The minimum Gasteiger partial charge on any atom is -0.352 e. The van der Waals surface area contributed by atoms with Crippen LogP contribution in [0.25, 0.3) is 10.9 Å². The third kappa shape index (κ3) is 5.14. The molecule has 0 aliphatic carbocycles. The molecule has 3 rings (SSSR count). The van der Waals surface area contributed by atoms with Crippen molar-refractivity contribution in [1.82, 2.24) is 20.6 Å². The fourth-order valence-electron chi connectivity index (χ4n) is 2.54. The van der Waals surface area contributed by atoms with Crippen molar-refractivity contribution in [3.05, 3.63) is 58.2 Å². The lowest BCUT2D eigenvalue weighted by atomic mass is 10.1. The van der Waals surface area contributed by atoms with Crippen LogP contribution in [0, 0.1) is 0 Å². The van der Waals surface area contributed by atoms with Crippen LogP contribution in [0.2, 0.25) is 0 Å². The fraction of sp³-hybridized carbons (Fsp3) is 0.316. The lowest BCUT2D eigenvalue weighted by Crippen LogP contribution is -2.36. The predicted molar refractivity (Wildman–Crippen MR) is 120 cm³/mol. The maximum Gasteiger partial charge on any atom is 0.191 e. The molecule has 5 nitrogen and oxygen atoms in total. The Morgan fingerprint density at radius 3 is 2.65 bits per heavy atom. The second-order valence-corrected chi connectivity index (χ2v) is 7.04. The maximum absolute atomic E-state index is 4.64. The van der Waals surface area contributed by atoms with Gasteiger partial charge in [0.15, 0.2) is 5.96 Å². The van der Waals surface area contributed by atoms with E-state index in [0.717, 1.165) is 33.1 Å². The summed E-state index contributed by atoms with van der Waals surface area (Å²) in [7, 11) is 1.78. The highest BCUT2D eigenvalue weighted by atomic mass is 127. The summed E-state index contributed by atoms with van der Waals surface area (Å²) in [6.45, 7) is 5.66. The van der Waals surface area contributed by atoms with Crippen LogP contribution in [0.15, 0.2) is 46.9 Å². The molecular formula is C19H24IN5S. The Morgan fingerprint density at radius 1 is 1.15 bits per heavy atom. The van der Waals surface area contributed by atoms with Gasteiger partial charge >= 0.3 is 0 Å². The van der Waals surface area contributed by atoms with Crippen molar-refractivity contribution in [3.8, 4) is 0 Å². The molecule has 2 heterocycles. The number of aromatic nitrogens is 2. The summed E-state index contributed by atoms with van der Waals surface area (Å²) in [5, 5.41) is 11.0. The molecule has 0 saturated carbocycles. The quantitative estimate of drug-likeness (QED) is 0.324. The number of pyridine rings is 1. The monoisotopic (exact) mass is 481 g/mol. The van der Waals surface area contributed by atoms with Gasteiger partial charge in [-0.2, -0.15) is 0 Å². The van der Waals surface area contributed by atoms with Crippen molar-refractivity contribution in [2.75, 3.05) is 7.05 Å². The Labute approximate surface area is 175 Å². The summed E-state index contributed by atoms with van der Waals surface area (Å²) >= 11 is 1.68. The van der Waals surface area contributed by atoms with Crippen LogP contribution < -0.4 is 10.6 Å². The van der Waals surface area contributed by atoms with Crippen LogP contribution in [-0.2, 0) is 13.1 Å². The molecule has 7 heteroatoms. The van der Waals surface area contributed by atoms with E-state index < -0.39 is 0 Å². The first-order valence-corrected chi connectivity index (χ1v) is 9.26. The molecular weight excluding hydrogens is 457 g/mol. The van der Waals surface area contributed by atoms with Gasteiger partial charge in [-0.3, -0.25) is 9.98 Å². The number of nitrogens with one attached hydrogen (secondary N) is 2. The van der Waals surface area contributed by atoms with E-state index >= 15 is 0 Å². The summed E-state index contributed by atoms with van der Waals surface area (Å²) < 4.78 is 0. The van der Waals surface area contributed by atoms with Crippen molar-refractivity contribution < 1.29 is 0 Å². The van der Waals surface area contributed by atoms with E-state index in [9.17, 15) is 0 Å². The third-order valence-corrected chi connectivity index (χ3v) is 4.82. The van der Waals surface area contributed by atoms with Crippen LogP contribution in [-0.4, -0.2) is 23.0 Å². The van der Waals surface area contributed by atoms with Crippen molar-refractivity contribution in [2.45, 2.75) is 32.9 Å². The lowest BCUT2D eigenvalue weighted by molar-refractivity contribution is 0.786.